The Labute approximate surface area is 186 Å². The van der Waals surface area contributed by atoms with Crippen LogP contribution in [0, 0.1) is 11.8 Å². The number of fused-ring (bicyclic) bond motifs is 1. The van der Waals surface area contributed by atoms with Gasteiger partial charge >= 0.3 is 0 Å². The molecule has 168 valence electrons. The maximum absolute atomic E-state index is 12.9. The van der Waals surface area contributed by atoms with Gasteiger partial charge in [0.1, 0.15) is 19.3 Å². The summed E-state index contributed by atoms with van der Waals surface area (Å²) < 4.78 is 11.1. The minimum Gasteiger partial charge on any atom is -0.486 e. The number of ether oxygens (including phenoxy) is 2. The average Bonchev–Trinajstić information content (AvgIpc) is 3.19. The minimum absolute atomic E-state index is 0.0989. The number of hydrogen-bond donors (Lipinski definition) is 2. The van der Waals surface area contributed by atoms with E-state index in [0.29, 0.717) is 36.9 Å². The van der Waals surface area contributed by atoms with Crippen molar-refractivity contribution < 1.29 is 23.9 Å². The molecule has 0 unspecified atom stereocenters. The molecule has 2 aliphatic rings. The van der Waals surface area contributed by atoms with Crippen LogP contribution < -0.4 is 25.0 Å². The molecule has 32 heavy (non-hydrogen) atoms. The van der Waals surface area contributed by atoms with Gasteiger partial charge < -0.3 is 25.0 Å². The first kappa shape index (κ1) is 21.7. The minimum atomic E-state index is -0.739. The smallest absolute Gasteiger partial charge is 0.247 e. The van der Waals surface area contributed by atoms with Crippen LogP contribution in [0.2, 0.25) is 0 Å². The van der Waals surface area contributed by atoms with Crippen LogP contribution in [0.1, 0.15) is 20.3 Å². The van der Waals surface area contributed by atoms with Crippen molar-refractivity contribution >= 4 is 29.1 Å². The predicted molar refractivity (Wildman–Crippen MR) is 120 cm³/mol. The molecule has 0 spiro atoms. The molecule has 0 bridgehead atoms. The average molecular weight is 437 g/mol. The third-order valence-corrected chi connectivity index (χ3v) is 5.62. The zero-order valence-electron chi connectivity index (χ0n) is 18.2. The summed E-state index contributed by atoms with van der Waals surface area (Å²) in [6, 6.07) is 13.7. The van der Waals surface area contributed by atoms with Gasteiger partial charge in [-0.2, -0.15) is 0 Å². The second kappa shape index (κ2) is 9.30. The molecule has 1 fully saturated rings. The van der Waals surface area contributed by atoms with Crippen molar-refractivity contribution in [2.75, 3.05) is 30.0 Å². The van der Waals surface area contributed by atoms with Crippen LogP contribution >= 0.6 is 0 Å². The lowest BCUT2D eigenvalue weighted by molar-refractivity contribution is -0.130. The van der Waals surface area contributed by atoms with Gasteiger partial charge in [0, 0.05) is 30.4 Å². The van der Waals surface area contributed by atoms with Crippen LogP contribution in [0.25, 0.3) is 0 Å². The standard InChI is InChI=1S/C24H27N3O5/c1-15(2)22(24(30)25-17-8-9-19-20(13-17)32-11-10-31-19)26-23(29)16-12-21(28)27(14-16)18-6-4-3-5-7-18/h3-9,13,15-16,22H,10-12,14H2,1-2H3,(H,25,30)(H,26,29)/t16-,22+/m1/s1. The molecule has 2 aromatic carbocycles. The monoisotopic (exact) mass is 437 g/mol. The zero-order valence-corrected chi connectivity index (χ0v) is 18.2. The SMILES string of the molecule is CC(C)[C@H](NC(=O)[C@@H]1CC(=O)N(c2ccccc2)C1)C(=O)Nc1ccc2c(c1)OCCO2. The van der Waals surface area contributed by atoms with E-state index in [0.717, 1.165) is 5.69 Å². The Bertz CT molecular complexity index is 1010. The second-order valence-electron chi connectivity index (χ2n) is 8.32. The summed E-state index contributed by atoms with van der Waals surface area (Å²) in [6.45, 7) is 4.97. The molecule has 0 aliphatic carbocycles. The van der Waals surface area contributed by atoms with Gasteiger partial charge in [-0.25, -0.2) is 0 Å². The molecule has 0 radical (unpaired) electrons. The van der Waals surface area contributed by atoms with Crippen LogP contribution in [-0.4, -0.2) is 43.5 Å². The Hall–Kier alpha value is -3.55. The van der Waals surface area contributed by atoms with Crippen LogP contribution in [0.4, 0.5) is 11.4 Å². The van der Waals surface area contributed by atoms with E-state index in [9.17, 15) is 14.4 Å². The fourth-order valence-electron chi connectivity index (χ4n) is 3.89. The van der Waals surface area contributed by atoms with E-state index in [2.05, 4.69) is 10.6 Å². The van der Waals surface area contributed by atoms with Gasteiger partial charge in [-0.1, -0.05) is 32.0 Å². The lowest BCUT2D eigenvalue weighted by Crippen LogP contribution is -2.49. The fraction of sp³-hybridized carbons (Fsp3) is 0.375. The molecule has 2 atom stereocenters. The van der Waals surface area contributed by atoms with E-state index in [4.69, 9.17) is 9.47 Å². The lowest BCUT2D eigenvalue weighted by Gasteiger charge is -2.24. The Balaban J connectivity index is 1.40. The number of benzene rings is 2. The largest absolute Gasteiger partial charge is 0.486 e. The number of amides is 3. The van der Waals surface area contributed by atoms with Gasteiger partial charge in [0.05, 0.1) is 5.92 Å². The number of anilines is 2. The van der Waals surface area contributed by atoms with Gasteiger partial charge in [-0.15, -0.1) is 0 Å². The first-order valence-electron chi connectivity index (χ1n) is 10.8. The zero-order chi connectivity index (χ0) is 22.7. The molecule has 0 aromatic heterocycles. The van der Waals surface area contributed by atoms with Gasteiger partial charge in [0.25, 0.3) is 0 Å². The third-order valence-electron chi connectivity index (χ3n) is 5.62. The fourth-order valence-corrected chi connectivity index (χ4v) is 3.89. The van der Waals surface area contributed by atoms with E-state index in [1.165, 1.54) is 0 Å². The van der Waals surface area contributed by atoms with E-state index >= 15 is 0 Å². The summed E-state index contributed by atoms with van der Waals surface area (Å²) >= 11 is 0. The Morgan fingerprint density at radius 1 is 1.03 bits per heavy atom. The topological polar surface area (TPSA) is 97.0 Å². The number of para-hydroxylation sites is 1. The molecule has 8 heteroatoms. The maximum Gasteiger partial charge on any atom is 0.247 e. The third kappa shape index (κ3) is 4.69. The van der Waals surface area contributed by atoms with Crippen LogP contribution in [0.3, 0.4) is 0 Å². The Morgan fingerprint density at radius 2 is 1.75 bits per heavy atom. The van der Waals surface area contributed by atoms with Crippen LogP contribution in [0.5, 0.6) is 11.5 Å². The summed E-state index contributed by atoms with van der Waals surface area (Å²) in [4.78, 5) is 39.9. The first-order valence-corrected chi connectivity index (χ1v) is 10.8. The van der Waals surface area contributed by atoms with Crippen molar-refractivity contribution in [1.82, 2.24) is 5.32 Å². The van der Waals surface area contributed by atoms with E-state index < -0.39 is 12.0 Å². The molecule has 4 rings (SSSR count). The van der Waals surface area contributed by atoms with Crippen LogP contribution in [-0.2, 0) is 14.4 Å². The van der Waals surface area contributed by atoms with Crippen molar-refractivity contribution in [2.45, 2.75) is 26.3 Å². The van der Waals surface area contributed by atoms with Gasteiger partial charge in [0.2, 0.25) is 17.7 Å². The molecule has 2 N–H and O–H groups in total. The molecule has 3 amide bonds. The lowest BCUT2D eigenvalue weighted by atomic mass is 10.0. The number of nitrogens with zero attached hydrogens (tertiary/aromatic N) is 1. The second-order valence-corrected chi connectivity index (χ2v) is 8.32. The molecular weight excluding hydrogens is 410 g/mol. The summed E-state index contributed by atoms with van der Waals surface area (Å²) in [5.41, 5.74) is 1.33. The number of carbonyl (C=O) groups excluding carboxylic acids is 3. The Kier molecular flexibility index (Phi) is 6.30. The summed E-state index contributed by atoms with van der Waals surface area (Å²) in [5.74, 6) is -0.161. The molecule has 0 saturated carbocycles. The number of carbonyl (C=O) groups is 3. The quantitative estimate of drug-likeness (QED) is 0.724. The highest BCUT2D eigenvalue weighted by atomic mass is 16.6. The molecule has 8 nitrogen and oxygen atoms in total. The maximum atomic E-state index is 12.9. The predicted octanol–water partition coefficient (Wildman–Crippen LogP) is 2.59. The van der Waals surface area contributed by atoms with Crippen molar-refractivity contribution in [3.8, 4) is 11.5 Å². The van der Waals surface area contributed by atoms with Gasteiger partial charge in [0.15, 0.2) is 11.5 Å². The normalized spacial score (nSPS) is 18.4. The van der Waals surface area contributed by atoms with Gasteiger partial charge in [-0.05, 0) is 30.2 Å². The van der Waals surface area contributed by atoms with Crippen molar-refractivity contribution in [1.29, 1.82) is 0 Å². The van der Waals surface area contributed by atoms with E-state index in [1.807, 2.05) is 44.2 Å². The number of nitrogens with one attached hydrogen (secondary N) is 2. The highest BCUT2D eigenvalue weighted by Gasteiger charge is 2.37. The summed E-state index contributed by atoms with van der Waals surface area (Å²) in [5, 5.41) is 5.69. The van der Waals surface area contributed by atoms with Gasteiger partial charge in [-0.3, -0.25) is 14.4 Å². The highest BCUT2D eigenvalue weighted by molar-refractivity contribution is 6.02. The molecule has 2 aliphatic heterocycles. The number of rotatable bonds is 6. The molecule has 2 heterocycles. The molecule has 2 aromatic rings. The van der Waals surface area contributed by atoms with E-state index in [-0.39, 0.29) is 30.1 Å². The number of hydrogen-bond acceptors (Lipinski definition) is 5. The van der Waals surface area contributed by atoms with Crippen molar-refractivity contribution in [3.05, 3.63) is 48.5 Å². The summed E-state index contributed by atoms with van der Waals surface area (Å²) in [7, 11) is 0. The van der Waals surface area contributed by atoms with Crippen LogP contribution in [0.15, 0.2) is 48.5 Å². The molecule has 1 saturated heterocycles. The highest BCUT2D eigenvalue weighted by Crippen LogP contribution is 2.32. The van der Waals surface area contributed by atoms with Crippen molar-refractivity contribution in [3.63, 3.8) is 0 Å². The summed E-state index contributed by atoms with van der Waals surface area (Å²) in [6.07, 6.45) is 0.120. The van der Waals surface area contributed by atoms with E-state index in [1.54, 1.807) is 23.1 Å². The first-order chi connectivity index (χ1) is 15.4. The molecular formula is C24H27N3O5. The van der Waals surface area contributed by atoms with Crippen molar-refractivity contribution in [2.24, 2.45) is 11.8 Å². The Morgan fingerprint density at radius 3 is 2.47 bits per heavy atom.